The lowest BCUT2D eigenvalue weighted by Crippen LogP contribution is -1.94. The van der Waals surface area contributed by atoms with Crippen molar-refractivity contribution in [2.24, 2.45) is 0 Å². The van der Waals surface area contributed by atoms with Gasteiger partial charge in [0.2, 0.25) is 0 Å². The van der Waals surface area contributed by atoms with Gasteiger partial charge in [-0.25, -0.2) is 4.68 Å². The van der Waals surface area contributed by atoms with E-state index in [-0.39, 0.29) is 0 Å². The summed E-state index contributed by atoms with van der Waals surface area (Å²) in [5.41, 5.74) is 1.93. The van der Waals surface area contributed by atoms with Gasteiger partial charge in [-0.3, -0.25) is 0 Å². The van der Waals surface area contributed by atoms with E-state index in [1.165, 1.54) is 0 Å². The monoisotopic (exact) mass is 285 g/mol. The molecule has 100 valence electrons. The molecule has 0 aliphatic heterocycles. The molecule has 0 unspecified atom stereocenters. The summed E-state index contributed by atoms with van der Waals surface area (Å²) in [6.45, 7) is 0. The molecule has 0 bridgehead atoms. The number of aromatic nitrogens is 3. The van der Waals surface area contributed by atoms with Crippen LogP contribution in [0.5, 0.6) is 11.8 Å². The van der Waals surface area contributed by atoms with Crippen LogP contribution in [0.2, 0.25) is 0 Å². The predicted molar refractivity (Wildman–Crippen MR) is 77.4 cm³/mol. The van der Waals surface area contributed by atoms with Crippen molar-refractivity contribution >= 4 is 11.6 Å². The third kappa shape index (κ3) is 2.81. The average Bonchev–Trinajstić information content (AvgIpc) is 2.97. The molecule has 0 saturated heterocycles. The summed E-state index contributed by atoms with van der Waals surface area (Å²) in [4.78, 5) is 4.14. The lowest BCUT2D eigenvalue weighted by molar-refractivity contribution is 0.441. The first-order valence-corrected chi connectivity index (χ1v) is 6.68. The summed E-state index contributed by atoms with van der Waals surface area (Å²) in [6, 6.07) is 17.6. The summed E-state index contributed by atoms with van der Waals surface area (Å²) in [7, 11) is 0. The Hall–Kier alpha value is -2.33. The lowest BCUT2D eigenvalue weighted by Gasteiger charge is -2.02. The molecule has 3 aromatic rings. The van der Waals surface area contributed by atoms with Gasteiger partial charge in [-0.15, -0.1) is 16.7 Å². The van der Waals surface area contributed by atoms with Gasteiger partial charge in [0.05, 0.1) is 5.69 Å². The third-order valence-electron chi connectivity index (χ3n) is 2.75. The van der Waals surface area contributed by atoms with Crippen molar-refractivity contribution in [3.8, 4) is 17.4 Å². The Bertz CT molecular complexity index is 697. The first kappa shape index (κ1) is 12.7. The molecule has 3 rings (SSSR count). The van der Waals surface area contributed by atoms with Gasteiger partial charge in [0.1, 0.15) is 12.1 Å². The average molecular weight is 286 g/mol. The van der Waals surface area contributed by atoms with Gasteiger partial charge in [-0.05, 0) is 29.8 Å². The van der Waals surface area contributed by atoms with E-state index in [4.69, 9.17) is 16.3 Å². The van der Waals surface area contributed by atoms with E-state index < -0.39 is 0 Å². The van der Waals surface area contributed by atoms with E-state index in [0.29, 0.717) is 17.6 Å². The molecule has 0 radical (unpaired) electrons. The van der Waals surface area contributed by atoms with Gasteiger partial charge in [0, 0.05) is 5.88 Å². The number of benzene rings is 2. The third-order valence-corrected chi connectivity index (χ3v) is 3.06. The smallest absolute Gasteiger partial charge is 0.341 e. The quantitative estimate of drug-likeness (QED) is 0.685. The first-order valence-electron chi connectivity index (χ1n) is 6.15. The Morgan fingerprint density at radius 1 is 1.05 bits per heavy atom. The second-order valence-corrected chi connectivity index (χ2v) is 4.46. The van der Waals surface area contributed by atoms with E-state index in [0.717, 1.165) is 11.3 Å². The maximum atomic E-state index is 5.80. The van der Waals surface area contributed by atoms with Gasteiger partial charge in [-0.1, -0.05) is 30.3 Å². The number of rotatable bonds is 4. The minimum atomic E-state index is 0.306. The number of halogens is 1. The molecule has 5 heteroatoms. The normalized spacial score (nSPS) is 10.4. The second-order valence-electron chi connectivity index (χ2n) is 4.19. The fraction of sp³-hybridized carbons (Fsp3) is 0.0667. The van der Waals surface area contributed by atoms with E-state index in [9.17, 15) is 0 Å². The Kier molecular flexibility index (Phi) is 3.65. The molecule has 0 atom stereocenters. The minimum absolute atomic E-state index is 0.306. The number of para-hydroxylation sites is 1. The number of nitrogens with zero attached hydrogens (tertiary/aromatic N) is 3. The van der Waals surface area contributed by atoms with Gasteiger partial charge >= 0.3 is 6.01 Å². The van der Waals surface area contributed by atoms with E-state index >= 15 is 0 Å². The van der Waals surface area contributed by atoms with Gasteiger partial charge in [0.15, 0.2) is 0 Å². The summed E-state index contributed by atoms with van der Waals surface area (Å²) in [6.07, 6.45) is 1.62. The SMILES string of the molecule is ClCc1cccc(Oc2ncn(-c3ccccc3)n2)c1. The molecule has 0 N–H and O–H groups in total. The van der Waals surface area contributed by atoms with Crippen molar-refractivity contribution in [2.45, 2.75) is 5.88 Å². The maximum Gasteiger partial charge on any atom is 0.341 e. The Morgan fingerprint density at radius 3 is 2.70 bits per heavy atom. The highest BCUT2D eigenvalue weighted by atomic mass is 35.5. The van der Waals surface area contributed by atoms with Crippen LogP contribution in [0.3, 0.4) is 0 Å². The lowest BCUT2D eigenvalue weighted by atomic mass is 10.2. The molecule has 0 aliphatic rings. The topological polar surface area (TPSA) is 39.9 Å². The van der Waals surface area contributed by atoms with Gasteiger partial charge < -0.3 is 4.74 Å². The molecular formula is C15H12ClN3O. The van der Waals surface area contributed by atoms with Crippen molar-refractivity contribution in [1.82, 2.24) is 14.8 Å². The molecule has 0 spiro atoms. The Labute approximate surface area is 121 Å². The van der Waals surface area contributed by atoms with Gasteiger partial charge in [-0.2, -0.15) is 4.98 Å². The van der Waals surface area contributed by atoms with Crippen LogP contribution in [-0.2, 0) is 5.88 Å². The highest BCUT2D eigenvalue weighted by Gasteiger charge is 2.05. The van der Waals surface area contributed by atoms with Crippen LogP contribution in [-0.4, -0.2) is 14.8 Å². The van der Waals surface area contributed by atoms with Crippen LogP contribution in [0.25, 0.3) is 5.69 Å². The first-order chi connectivity index (χ1) is 9.85. The molecule has 0 aliphatic carbocycles. The highest BCUT2D eigenvalue weighted by molar-refractivity contribution is 6.17. The van der Waals surface area contributed by atoms with Crippen LogP contribution >= 0.6 is 11.6 Å². The largest absolute Gasteiger partial charge is 0.423 e. The standard InChI is InChI=1S/C15H12ClN3O/c16-10-12-5-4-8-14(9-12)20-15-17-11-19(18-15)13-6-2-1-3-7-13/h1-9,11H,10H2. The molecule has 0 amide bonds. The van der Waals surface area contributed by atoms with Crippen LogP contribution < -0.4 is 4.74 Å². The maximum absolute atomic E-state index is 5.80. The van der Waals surface area contributed by atoms with Crippen LogP contribution in [0.15, 0.2) is 60.9 Å². The highest BCUT2D eigenvalue weighted by Crippen LogP contribution is 2.20. The van der Waals surface area contributed by atoms with Crippen LogP contribution in [0, 0.1) is 0 Å². The number of ether oxygens (including phenoxy) is 1. The summed E-state index contributed by atoms with van der Waals surface area (Å²) in [5, 5.41) is 4.28. The predicted octanol–water partition coefficient (Wildman–Crippen LogP) is 3.80. The Morgan fingerprint density at radius 2 is 1.90 bits per heavy atom. The molecular weight excluding hydrogens is 274 g/mol. The molecule has 1 aromatic heterocycles. The van der Waals surface area contributed by atoms with Crippen molar-refractivity contribution < 1.29 is 4.74 Å². The number of hydrogen-bond donors (Lipinski definition) is 0. The summed E-state index contributed by atoms with van der Waals surface area (Å²) >= 11 is 5.80. The zero-order chi connectivity index (χ0) is 13.8. The zero-order valence-electron chi connectivity index (χ0n) is 10.6. The minimum Gasteiger partial charge on any atom is -0.423 e. The molecule has 0 saturated carbocycles. The van der Waals surface area contributed by atoms with E-state index in [1.807, 2.05) is 54.6 Å². The van der Waals surface area contributed by atoms with Crippen molar-refractivity contribution in [1.29, 1.82) is 0 Å². The van der Waals surface area contributed by atoms with Crippen molar-refractivity contribution in [3.05, 3.63) is 66.5 Å². The van der Waals surface area contributed by atoms with Crippen molar-refractivity contribution in [3.63, 3.8) is 0 Å². The molecule has 2 aromatic carbocycles. The number of alkyl halides is 1. The van der Waals surface area contributed by atoms with Gasteiger partial charge in [0.25, 0.3) is 0 Å². The number of hydrogen-bond acceptors (Lipinski definition) is 3. The summed E-state index contributed by atoms with van der Waals surface area (Å²) < 4.78 is 7.29. The Balaban J connectivity index is 1.80. The molecule has 20 heavy (non-hydrogen) atoms. The second kappa shape index (κ2) is 5.75. The fourth-order valence-corrected chi connectivity index (χ4v) is 1.96. The van der Waals surface area contributed by atoms with E-state index in [2.05, 4.69) is 10.1 Å². The zero-order valence-corrected chi connectivity index (χ0v) is 11.4. The fourth-order valence-electron chi connectivity index (χ4n) is 1.80. The summed E-state index contributed by atoms with van der Waals surface area (Å²) in [5.74, 6) is 1.12. The molecule has 4 nitrogen and oxygen atoms in total. The van der Waals surface area contributed by atoms with Crippen molar-refractivity contribution in [2.75, 3.05) is 0 Å². The molecule has 1 heterocycles. The van der Waals surface area contributed by atoms with E-state index in [1.54, 1.807) is 11.0 Å². The van der Waals surface area contributed by atoms with Crippen LogP contribution in [0.1, 0.15) is 5.56 Å². The van der Waals surface area contributed by atoms with Crippen LogP contribution in [0.4, 0.5) is 0 Å². The molecule has 0 fully saturated rings.